The molecule has 96 valence electrons. The highest BCUT2D eigenvalue weighted by molar-refractivity contribution is 7.99. The SMILES string of the molecule is Cc1nnc(SCC(=O)O)n1CCCC(C)C. The van der Waals surface area contributed by atoms with Gasteiger partial charge in [-0.3, -0.25) is 4.79 Å². The van der Waals surface area contributed by atoms with Crippen LogP contribution in [0.4, 0.5) is 0 Å². The van der Waals surface area contributed by atoms with Gasteiger partial charge in [0, 0.05) is 6.54 Å². The van der Waals surface area contributed by atoms with Crippen molar-refractivity contribution in [2.45, 2.75) is 45.3 Å². The van der Waals surface area contributed by atoms with Crippen LogP contribution in [0.25, 0.3) is 0 Å². The van der Waals surface area contributed by atoms with E-state index >= 15 is 0 Å². The summed E-state index contributed by atoms with van der Waals surface area (Å²) in [4.78, 5) is 10.5. The van der Waals surface area contributed by atoms with E-state index in [2.05, 4.69) is 24.0 Å². The number of hydrogen-bond acceptors (Lipinski definition) is 4. The van der Waals surface area contributed by atoms with E-state index in [1.165, 1.54) is 11.8 Å². The fourth-order valence-corrected chi connectivity index (χ4v) is 2.24. The van der Waals surface area contributed by atoms with Gasteiger partial charge in [-0.05, 0) is 25.7 Å². The third-order valence-corrected chi connectivity index (χ3v) is 3.34. The molecule has 6 heteroatoms. The van der Waals surface area contributed by atoms with Crippen LogP contribution in [0.2, 0.25) is 0 Å². The predicted octanol–water partition coefficient (Wildman–Crippen LogP) is 2.20. The lowest BCUT2D eigenvalue weighted by Crippen LogP contribution is -2.06. The normalized spacial score (nSPS) is 11.1. The van der Waals surface area contributed by atoms with Gasteiger partial charge in [-0.2, -0.15) is 0 Å². The van der Waals surface area contributed by atoms with Crippen LogP contribution in [0.3, 0.4) is 0 Å². The Morgan fingerprint density at radius 1 is 1.47 bits per heavy atom. The van der Waals surface area contributed by atoms with Crippen molar-refractivity contribution >= 4 is 17.7 Å². The van der Waals surface area contributed by atoms with Crippen LogP contribution in [0.5, 0.6) is 0 Å². The van der Waals surface area contributed by atoms with Crippen LogP contribution in [0.15, 0.2) is 5.16 Å². The first-order valence-electron chi connectivity index (χ1n) is 5.75. The van der Waals surface area contributed by atoms with Crippen molar-refractivity contribution in [1.82, 2.24) is 14.8 Å². The molecule has 0 aliphatic carbocycles. The van der Waals surface area contributed by atoms with Gasteiger partial charge in [-0.25, -0.2) is 0 Å². The summed E-state index contributed by atoms with van der Waals surface area (Å²) in [5.41, 5.74) is 0. The standard InChI is InChI=1S/C11H19N3O2S/c1-8(2)5-4-6-14-9(3)12-13-11(14)17-7-10(15)16/h8H,4-7H2,1-3H3,(H,15,16). The Morgan fingerprint density at radius 2 is 2.18 bits per heavy atom. The van der Waals surface area contributed by atoms with E-state index in [1.54, 1.807) is 0 Å². The highest BCUT2D eigenvalue weighted by Gasteiger charge is 2.10. The van der Waals surface area contributed by atoms with Crippen LogP contribution in [-0.2, 0) is 11.3 Å². The Hall–Kier alpha value is -1.04. The fraction of sp³-hybridized carbons (Fsp3) is 0.727. The van der Waals surface area contributed by atoms with Crippen molar-refractivity contribution in [3.8, 4) is 0 Å². The predicted molar refractivity (Wildman–Crippen MR) is 67.2 cm³/mol. The number of carboxylic acids is 1. The average Bonchev–Trinajstić information content (AvgIpc) is 2.57. The molecule has 0 saturated heterocycles. The van der Waals surface area contributed by atoms with Gasteiger partial charge in [0.2, 0.25) is 0 Å². The summed E-state index contributed by atoms with van der Waals surface area (Å²) in [7, 11) is 0. The number of carboxylic acid groups (broad SMARTS) is 1. The van der Waals surface area contributed by atoms with E-state index in [0.717, 1.165) is 25.2 Å². The van der Waals surface area contributed by atoms with E-state index in [9.17, 15) is 4.79 Å². The second-order valence-corrected chi connectivity index (χ2v) is 5.34. The molecular formula is C11H19N3O2S. The van der Waals surface area contributed by atoms with E-state index in [4.69, 9.17) is 5.11 Å². The molecule has 1 aromatic heterocycles. The number of nitrogens with zero attached hydrogens (tertiary/aromatic N) is 3. The lowest BCUT2D eigenvalue weighted by atomic mass is 10.1. The molecule has 1 N–H and O–H groups in total. The molecule has 0 aliphatic rings. The third kappa shape index (κ3) is 4.77. The lowest BCUT2D eigenvalue weighted by molar-refractivity contribution is -0.133. The zero-order valence-electron chi connectivity index (χ0n) is 10.5. The molecule has 0 radical (unpaired) electrons. The molecule has 0 unspecified atom stereocenters. The summed E-state index contributed by atoms with van der Waals surface area (Å²) in [6.07, 6.45) is 2.22. The minimum Gasteiger partial charge on any atom is -0.481 e. The Kier molecular flexibility index (Phi) is 5.47. The molecule has 0 atom stereocenters. The van der Waals surface area contributed by atoms with Gasteiger partial charge in [-0.15, -0.1) is 10.2 Å². The Bertz CT molecular complexity index is 377. The second kappa shape index (κ2) is 6.64. The van der Waals surface area contributed by atoms with Crippen LogP contribution in [0.1, 0.15) is 32.5 Å². The molecule has 0 aliphatic heterocycles. The van der Waals surface area contributed by atoms with E-state index in [1.807, 2.05) is 11.5 Å². The van der Waals surface area contributed by atoms with E-state index in [-0.39, 0.29) is 5.75 Å². The molecule has 0 amide bonds. The minimum atomic E-state index is -0.829. The zero-order chi connectivity index (χ0) is 12.8. The highest BCUT2D eigenvalue weighted by Crippen LogP contribution is 2.17. The molecule has 0 saturated carbocycles. The van der Waals surface area contributed by atoms with Crippen LogP contribution in [-0.4, -0.2) is 31.6 Å². The van der Waals surface area contributed by atoms with E-state index in [0.29, 0.717) is 11.1 Å². The van der Waals surface area contributed by atoms with Crippen molar-refractivity contribution in [3.63, 3.8) is 0 Å². The summed E-state index contributed by atoms with van der Waals surface area (Å²) in [6.45, 7) is 7.14. The molecule has 0 bridgehead atoms. The van der Waals surface area contributed by atoms with Gasteiger partial charge in [0.15, 0.2) is 5.16 Å². The van der Waals surface area contributed by atoms with Crippen molar-refractivity contribution < 1.29 is 9.90 Å². The molecule has 0 fully saturated rings. The molecule has 0 aromatic carbocycles. The summed E-state index contributed by atoms with van der Waals surface area (Å²) in [6, 6.07) is 0. The van der Waals surface area contributed by atoms with Crippen molar-refractivity contribution in [3.05, 3.63) is 5.82 Å². The summed E-state index contributed by atoms with van der Waals surface area (Å²) < 4.78 is 2.00. The maximum atomic E-state index is 10.5. The van der Waals surface area contributed by atoms with Gasteiger partial charge in [0.1, 0.15) is 5.82 Å². The first-order chi connectivity index (χ1) is 8.00. The second-order valence-electron chi connectivity index (χ2n) is 4.40. The van der Waals surface area contributed by atoms with Gasteiger partial charge in [-0.1, -0.05) is 25.6 Å². The zero-order valence-corrected chi connectivity index (χ0v) is 11.3. The number of rotatable bonds is 7. The lowest BCUT2D eigenvalue weighted by Gasteiger charge is -2.08. The number of aromatic nitrogens is 3. The number of aryl methyl sites for hydroxylation is 1. The maximum Gasteiger partial charge on any atom is 0.313 e. The quantitative estimate of drug-likeness (QED) is 0.758. The van der Waals surface area contributed by atoms with Gasteiger partial charge in [0.25, 0.3) is 0 Å². The number of carbonyl (C=O) groups is 1. The maximum absolute atomic E-state index is 10.5. The molecule has 5 nitrogen and oxygen atoms in total. The number of thioether (sulfide) groups is 1. The van der Waals surface area contributed by atoms with Crippen LogP contribution in [0, 0.1) is 12.8 Å². The average molecular weight is 257 g/mol. The Labute approximate surface area is 106 Å². The first kappa shape index (κ1) is 14.0. The summed E-state index contributed by atoms with van der Waals surface area (Å²) in [5, 5.41) is 17.3. The largest absolute Gasteiger partial charge is 0.481 e. The summed E-state index contributed by atoms with van der Waals surface area (Å²) >= 11 is 1.22. The van der Waals surface area contributed by atoms with E-state index < -0.39 is 5.97 Å². The number of hydrogen-bond donors (Lipinski definition) is 1. The topological polar surface area (TPSA) is 68.0 Å². The first-order valence-corrected chi connectivity index (χ1v) is 6.73. The van der Waals surface area contributed by atoms with Gasteiger partial charge >= 0.3 is 5.97 Å². The molecule has 0 spiro atoms. The molecule has 1 heterocycles. The fourth-order valence-electron chi connectivity index (χ4n) is 1.51. The molecular weight excluding hydrogens is 238 g/mol. The molecule has 1 aromatic rings. The summed E-state index contributed by atoms with van der Waals surface area (Å²) in [5.74, 6) is 0.732. The van der Waals surface area contributed by atoms with Crippen LogP contribution >= 0.6 is 11.8 Å². The Morgan fingerprint density at radius 3 is 2.76 bits per heavy atom. The highest BCUT2D eigenvalue weighted by atomic mass is 32.2. The third-order valence-electron chi connectivity index (χ3n) is 2.39. The van der Waals surface area contributed by atoms with Crippen molar-refractivity contribution in [1.29, 1.82) is 0 Å². The van der Waals surface area contributed by atoms with Crippen LogP contribution < -0.4 is 0 Å². The van der Waals surface area contributed by atoms with Gasteiger partial charge < -0.3 is 9.67 Å². The van der Waals surface area contributed by atoms with Crippen molar-refractivity contribution in [2.24, 2.45) is 5.92 Å². The molecule has 1 rings (SSSR count). The Balaban J connectivity index is 2.56. The number of aliphatic carboxylic acids is 1. The monoisotopic (exact) mass is 257 g/mol. The molecule has 17 heavy (non-hydrogen) atoms. The smallest absolute Gasteiger partial charge is 0.313 e. The minimum absolute atomic E-state index is 0.0301. The van der Waals surface area contributed by atoms with Crippen molar-refractivity contribution in [2.75, 3.05) is 5.75 Å². The van der Waals surface area contributed by atoms with Gasteiger partial charge in [0.05, 0.1) is 5.75 Å².